The van der Waals surface area contributed by atoms with Crippen LogP contribution in [0.5, 0.6) is 0 Å². The molecule has 1 aromatic heterocycles. The van der Waals surface area contributed by atoms with Crippen LogP contribution in [0.3, 0.4) is 0 Å². The molecule has 0 spiro atoms. The Morgan fingerprint density at radius 2 is 2.11 bits per heavy atom. The molecule has 2 heterocycles. The van der Waals surface area contributed by atoms with Gasteiger partial charge in [-0.15, -0.1) is 11.3 Å². The fraction of sp³-hybridized carbons (Fsp3) is 0.167. The average molecular weight is 403 g/mol. The molecule has 1 aliphatic rings. The Bertz CT molecular complexity index is 967. The van der Waals surface area contributed by atoms with Crippen molar-refractivity contribution < 1.29 is 14.4 Å². The second kappa shape index (κ2) is 8.24. The summed E-state index contributed by atoms with van der Waals surface area (Å²) in [6, 6.07) is 5.27. The third-order valence-corrected chi connectivity index (χ3v) is 5.02. The van der Waals surface area contributed by atoms with E-state index >= 15 is 0 Å². The van der Waals surface area contributed by atoms with Crippen molar-refractivity contribution in [1.29, 1.82) is 0 Å². The Balaban J connectivity index is 1.59. The van der Waals surface area contributed by atoms with Gasteiger partial charge in [-0.2, -0.15) is 0 Å². The number of allylic oxidation sites excluding steroid dienone is 1. The van der Waals surface area contributed by atoms with Gasteiger partial charge < -0.3 is 10.6 Å². The Morgan fingerprint density at radius 1 is 1.30 bits per heavy atom. The average Bonchev–Trinajstić information content (AvgIpc) is 3.06. The summed E-state index contributed by atoms with van der Waals surface area (Å²) in [6.07, 6.45) is 4.40. The van der Waals surface area contributed by atoms with Crippen LogP contribution in [-0.2, 0) is 20.8 Å². The van der Waals surface area contributed by atoms with Gasteiger partial charge in [0.2, 0.25) is 11.8 Å². The highest BCUT2D eigenvalue weighted by Gasteiger charge is 2.25. The first-order valence-corrected chi connectivity index (χ1v) is 9.24. The summed E-state index contributed by atoms with van der Waals surface area (Å²) >= 11 is 7.22. The van der Waals surface area contributed by atoms with Gasteiger partial charge in [0.25, 0.3) is 5.91 Å². The van der Waals surface area contributed by atoms with Crippen molar-refractivity contribution in [1.82, 2.24) is 4.98 Å². The molecule has 1 unspecified atom stereocenters. The minimum Gasteiger partial charge on any atom is -0.325 e. The molecule has 2 N–H and O–H groups in total. The van der Waals surface area contributed by atoms with E-state index in [9.17, 15) is 14.4 Å². The second-order valence-electron chi connectivity index (χ2n) is 5.75. The van der Waals surface area contributed by atoms with Gasteiger partial charge in [0.1, 0.15) is 5.92 Å². The largest absolute Gasteiger partial charge is 0.325 e. The summed E-state index contributed by atoms with van der Waals surface area (Å²) in [6.45, 7) is 1.82. The maximum Gasteiger partial charge on any atom is 0.262 e. The highest BCUT2D eigenvalue weighted by molar-refractivity contribution is 7.14. The highest BCUT2D eigenvalue weighted by atomic mass is 35.5. The van der Waals surface area contributed by atoms with Crippen LogP contribution in [0.15, 0.2) is 40.7 Å². The predicted molar refractivity (Wildman–Crippen MR) is 105 cm³/mol. The van der Waals surface area contributed by atoms with Crippen LogP contribution in [-0.4, -0.2) is 28.9 Å². The van der Waals surface area contributed by atoms with E-state index in [0.29, 0.717) is 21.5 Å². The van der Waals surface area contributed by atoms with E-state index in [0.717, 1.165) is 5.56 Å². The maximum atomic E-state index is 12.2. The number of hydrogen-bond acceptors (Lipinski definition) is 5. The fourth-order valence-corrected chi connectivity index (χ4v) is 3.26. The van der Waals surface area contributed by atoms with Crippen molar-refractivity contribution in [3.05, 3.63) is 52.0 Å². The number of carbonyl (C=O) groups is 3. The van der Waals surface area contributed by atoms with Crippen LogP contribution < -0.4 is 10.6 Å². The van der Waals surface area contributed by atoms with Gasteiger partial charge in [0, 0.05) is 22.3 Å². The fourth-order valence-electron chi connectivity index (χ4n) is 2.37. The first-order chi connectivity index (χ1) is 12.9. The predicted octanol–water partition coefficient (Wildman–Crippen LogP) is 3.01. The Hall–Kier alpha value is -2.84. The molecule has 0 saturated carbocycles. The molecule has 7 nitrogen and oxygen atoms in total. The van der Waals surface area contributed by atoms with Gasteiger partial charge in [-0.25, -0.2) is 9.98 Å². The lowest BCUT2D eigenvalue weighted by Gasteiger charge is -2.09. The van der Waals surface area contributed by atoms with E-state index in [1.54, 1.807) is 29.7 Å². The molecule has 3 rings (SSSR count). The topological polar surface area (TPSA) is 101 Å². The number of nitrogens with one attached hydrogen (secondary N) is 2. The monoisotopic (exact) mass is 402 g/mol. The quantitative estimate of drug-likeness (QED) is 0.750. The number of aromatic nitrogens is 1. The molecule has 1 atom stereocenters. The zero-order chi connectivity index (χ0) is 19.4. The Labute approximate surface area is 164 Å². The number of thiazole rings is 1. The Morgan fingerprint density at radius 3 is 2.89 bits per heavy atom. The molecule has 2 aromatic rings. The molecule has 0 radical (unpaired) electrons. The lowest BCUT2D eigenvalue weighted by molar-refractivity contribution is -0.128. The lowest BCUT2D eigenvalue weighted by Crippen LogP contribution is -2.28. The van der Waals surface area contributed by atoms with Gasteiger partial charge in [0.05, 0.1) is 12.1 Å². The molecule has 9 heteroatoms. The zero-order valence-corrected chi connectivity index (χ0v) is 15.8. The molecular formula is C18H15ClN4O3S. The number of hydrogen-bond donors (Lipinski definition) is 2. The molecule has 0 fully saturated rings. The van der Waals surface area contributed by atoms with Crippen molar-refractivity contribution in [2.45, 2.75) is 13.3 Å². The van der Waals surface area contributed by atoms with Crippen molar-refractivity contribution >= 4 is 57.7 Å². The molecule has 1 aliphatic heterocycles. The van der Waals surface area contributed by atoms with Crippen LogP contribution >= 0.6 is 22.9 Å². The summed E-state index contributed by atoms with van der Waals surface area (Å²) in [5, 5.41) is 7.93. The maximum absolute atomic E-state index is 12.2. The number of aliphatic imine (C=N–C) groups is 1. The molecule has 0 saturated heterocycles. The number of nitrogens with zero attached hydrogens (tertiary/aromatic N) is 2. The van der Waals surface area contributed by atoms with E-state index in [2.05, 4.69) is 20.6 Å². The Kier molecular flexibility index (Phi) is 5.78. The molecule has 0 bridgehead atoms. The first kappa shape index (κ1) is 18.9. The highest BCUT2D eigenvalue weighted by Crippen LogP contribution is 2.23. The van der Waals surface area contributed by atoms with E-state index in [1.807, 2.05) is 6.92 Å². The minimum atomic E-state index is -0.962. The van der Waals surface area contributed by atoms with E-state index in [4.69, 9.17) is 11.6 Å². The number of carbonyl (C=O) groups excluding carboxylic acids is 3. The molecule has 0 aliphatic carbocycles. The number of benzene rings is 1. The lowest BCUT2D eigenvalue weighted by atomic mass is 10.1. The first-order valence-electron chi connectivity index (χ1n) is 7.99. The van der Waals surface area contributed by atoms with Crippen LogP contribution in [0, 0.1) is 12.8 Å². The molecular weight excluding hydrogens is 388 g/mol. The summed E-state index contributed by atoms with van der Waals surface area (Å²) in [5.41, 5.74) is 1.93. The van der Waals surface area contributed by atoms with Crippen molar-refractivity contribution in [2.75, 3.05) is 10.6 Å². The van der Waals surface area contributed by atoms with Gasteiger partial charge >= 0.3 is 0 Å². The third-order valence-electron chi connectivity index (χ3n) is 3.81. The number of halogens is 1. The van der Waals surface area contributed by atoms with Gasteiger partial charge in [-0.1, -0.05) is 23.7 Å². The van der Waals surface area contributed by atoms with Crippen LogP contribution in [0.2, 0.25) is 5.02 Å². The summed E-state index contributed by atoms with van der Waals surface area (Å²) in [7, 11) is 0. The third kappa shape index (κ3) is 4.66. The molecule has 27 heavy (non-hydrogen) atoms. The minimum absolute atomic E-state index is 0.0465. The molecule has 3 amide bonds. The van der Waals surface area contributed by atoms with Crippen molar-refractivity contribution in [2.24, 2.45) is 10.9 Å². The van der Waals surface area contributed by atoms with Crippen LogP contribution in [0.4, 0.5) is 10.8 Å². The molecule has 1 aromatic carbocycles. The van der Waals surface area contributed by atoms with E-state index in [1.165, 1.54) is 23.6 Å². The zero-order valence-electron chi connectivity index (χ0n) is 14.2. The van der Waals surface area contributed by atoms with Crippen LogP contribution in [0.25, 0.3) is 0 Å². The summed E-state index contributed by atoms with van der Waals surface area (Å²) in [5.74, 6) is -2.24. The molecule has 138 valence electrons. The van der Waals surface area contributed by atoms with Crippen LogP contribution in [0.1, 0.15) is 11.3 Å². The number of dihydropyridines is 1. The van der Waals surface area contributed by atoms with Gasteiger partial charge in [-0.3, -0.25) is 14.4 Å². The summed E-state index contributed by atoms with van der Waals surface area (Å²) in [4.78, 5) is 43.8. The second-order valence-corrected chi connectivity index (χ2v) is 7.01. The summed E-state index contributed by atoms with van der Waals surface area (Å²) < 4.78 is 0. The van der Waals surface area contributed by atoms with Crippen molar-refractivity contribution in [3.8, 4) is 0 Å². The number of anilines is 2. The number of rotatable bonds is 5. The number of amides is 3. The normalized spacial score (nSPS) is 15.6. The van der Waals surface area contributed by atoms with E-state index in [-0.39, 0.29) is 12.3 Å². The van der Waals surface area contributed by atoms with Gasteiger partial charge in [-0.05, 0) is 30.7 Å². The standard InChI is InChI=1S/C18H15ClN4O3S/c1-10-13(19)5-2-6-14(10)22-15(24)8-11-9-27-18(21-11)23-17(26)12-4-3-7-20-16(12)25/h2-7,9,12H,8H2,1H3,(H,22,24)(H,21,23,26). The SMILES string of the molecule is Cc1c(Cl)cccc1NC(=O)Cc1csc(NC(=O)C2C=CC=NC2=O)n1. The smallest absolute Gasteiger partial charge is 0.262 e. The van der Waals surface area contributed by atoms with Gasteiger partial charge in [0.15, 0.2) is 5.13 Å². The van der Waals surface area contributed by atoms with E-state index < -0.39 is 17.7 Å². The van der Waals surface area contributed by atoms with Crippen molar-refractivity contribution in [3.63, 3.8) is 0 Å².